The van der Waals surface area contributed by atoms with Gasteiger partial charge in [0.1, 0.15) is 12.1 Å². The lowest BCUT2D eigenvalue weighted by Gasteiger charge is -2.47. The maximum absolute atomic E-state index is 12.7. The van der Waals surface area contributed by atoms with E-state index in [-0.39, 0.29) is 29.9 Å². The number of carbonyl (C=O) groups excluding carboxylic acids is 3. The Morgan fingerprint density at radius 1 is 0.833 bits per heavy atom. The van der Waals surface area contributed by atoms with Crippen LogP contribution in [0.4, 0.5) is 4.79 Å². The van der Waals surface area contributed by atoms with E-state index in [9.17, 15) is 14.4 Å². The highest BCUT2D eigenvalue weighted by Crippen LogP contribution is 2.29. The van der Waals surface area contributed by atoms with Crippen molar-refractivity contribution in [1.29, 1.82) is 0 Å². The second-order valence-corrected chi connectivity index (χ2v) is 7.47. The summed E-state index contributed by atoms with van der Waals surface area (Å²) in [5, 5.41) is 3.12. The fourth-order valence-corrected chi connectivity index (χ4v) is 4.63. The van der Waals surface area contributed by atoms with Gasteiger partial charge in [-0.05, 0) is 25.7 Å². The molecule has 0 aromatic rings. The molecule has 1 saturated carbocycles. The molecule has 0 unspecified atom stereocenters. The molecule has 4 aliphatic rings. The van der Waals surface area contributed by atoms with Gasteiger partial charge in [-0.3, -0.25) is 9.59 Å². The molecule has 0 aromatic carbocycles. The average Bonchev–Trinajstić information content (AvgIpc) is 3.10. The Balaban J connectivity index is 1.41. The van der Waals surface area contributed by atoms with E-state index >= 15 is 0 Å². The summed E-state index contributed by atoms with van der Waals surface area (Å²) in [6.07, 6.45) is 7.36. The van der Waals surface area contributed by atoms with Gasteiger partial charge in [0.2, 0.25) is 11.8 Å². The standard InChI is InChI=1S/C17H26N4O3/c22-15-13-7-4-8-20(13)16(23)14-11-19(9-10-21(14)15)17(24)18-12-5-2-1-3-6-12/h12-14H,1-11H2,(H,18,24)/t13-,14+/m0/s1. The predicted molar refractivity (Wildman–Crippen MR) is 87.2 cm³/mol. The molecule has 1 N–H and O–H groups in total. The number of rotatable bonds is 1. The van der Waals surface area contributed by atoms with Crippen molar-refractivity contribution in [2.24, 2.45) is 0 Å². The van der Waals surface area contributed by atoms with E-state index in [0.29, 0.717) is 26.2 Å². The van der Waals surface area contributed by atoms with Gasteiger partial charge in [-0.25, -0.2) is 4.79 Å². The molecule has 0 bridgehead atoms. The van der Waals surface area contributed by atoms with Crippen LogP contribution in [0.1, 0.15) is 44.9 Å². The molecule has 0 spiro atoms. The Morgan fingerprint density at radius 3 is 2.33 bits per heavy atom. The molecule has 3 aliphatic heterocycles. The third kappa shape index (κ3) is 2.63. The summed E-state index contributed by atoms with van der Waals surface area (Å²) < 4.78 is 0. The number of amides is 4. The summed E-state index contributed by atoms with van der Waals surface area (Å²) in [6.45, 7) is 1.98. The number of hydrogen-bond acceptors (Lipinski definition) is 3. The van der Waals surface area contributed by atoms with Gasteiger partial charge < -0.3 is 20.0 Å². The SMILES string of the molecule is O=C(NC1CCCCC1)N1CCN2C(=O)[C@@H]3CCCN3C(=O)[C@H]2C1. The van der Waals surface area contributed by atoms with E-state index in [4.69, 9.17) is 0 Å². The highest BCUT2D eigenvalue weighted by molar-refractivity contribution is 5.98. The van der Waals surface area contributed by atoms with Crippen molar-refractivity contribution in [3.8, 4) is 0 Å². The summed E-state index contributed by atoms with van der Waals surface area (Å²) in [4.78, 5) is 43.0. The van der Waals surface area contributed by atoms with Gasteiger partial charge in [0.05, 0.1) is 6.54 Å². The Bertz CT molecular complexity index is 546. The quantitative estimate of drug-likeness (QED) is 0.761. The molecule has 132 valence electrons. The number of hydrogen-bond donors (Lipinski definition) is 1. The first-order valence-electron chi connectivity index (χ1n) is 9.31. The zero-order chi connectivity index (χ0) is 16.7. The Kier molecular flexibility index (Phi) is 4.10. The van der Waals surface area contributed by atoms with E-state index in [1.165, 1.54) is 19.3 Å². The molecule has 7 nitrogen and oxygen atoms in total. The molecule has 2 atom stereocenters. The molecule has 0 radical (unpaired) electrons. The second-order valence-electron chi connectivity index (χ2n) is 7.47. The first-order valence-corrected chi connectivity index (χ1v) is 9.31. The van der Waals surface area contributed by atoms with Gasteiger partial charge >= 0.3 is 6.03 Å². The zero-order valence-electron chi connectivity index (χ0n) is 14.1. The maximum Gasteiger partial charge on any atom is 0.317 e. The van der Waals surface area contributed by atoms with Crippen molar-refractivity contribution in [3.05, 3.63) is 0 Å². The van der Waals surface area contributed by atoms with E-state index in [0.717, 1.165) is 25.7 Å². The van der Waals surface area contributed by atoms with Gasteiger partial charge in [-0.2, -0.15) is 0 Å². The largest absolute Gasteiger partial charge is 0.335 e. The summed E-state index contributed by atoms with van der Waals surface area (Å²) in [5.41, 5.74) is 0. The van der Waals surface area contributed by atoms with Crippen LogP contribution in [0.5, 0.6) is 0 Å². The van der Waals surface area contributed by atoms with Gasteiger partial charge in [0.15, 0.2) is 0 Å². The van der Waals surface area contributed by atoms with Crippen LogP contribution in [0.2, 0.25) is 0 Å². The molecule has 0 aromatic heterocycles. The minimum absolute atomic E-state index is 0.0206. The Morgan fingerprint density at radius 2 is 1.54 bits per heavy atom. The van der Waals surface area contributed by atoms with E-state index in [1.54, 1.807) is 14.7 Å². The molecule has 3 heterocycles. The number of carbonyl (C=O) groups is 3. The van der Waals surface area contributed by atoms with Crippen molar-refractivity contribution < 1.29 is 14.4 Å². The van der Waals surface area contributed by atoms with E-state index < -0.39 is 6.04 Å². The molecular formula is C17H26N4O3. The van der Waals surface area contributed by atoms with Crippen LogP contribution in [0.3, 0.4) is 0 Å². The van der Waals surface area contributed by atoms with Crippen LogP contribution in [0.15, 0.2) is 0 Å². The number of fused-ring (bicyclic) bond motifs is 2. The smallest absolute Gasteiger partial charge is 0.317 e. The summed E-state index contributed by atoms with van der Waals surface area (Å²) in [7, 11) is 0. The van der Waals surface area contributed by atoms with Gasteiger partial charge in [-0.1, -0.05) is 19.3 Å². The van der Waals surface area contributed by atoms with Crippen molar-refractivity contribution >= 4 is 17.8 Å². The number of urea groups is 1. The molecular weight excluding hydrogens is 308 g/mol. The average molecular weight is 334 g/mol. The van der Waals surface area contributed by atoms with E-state index in [2.05, 4.69) is 5.32 Å². The van der Waals surface area contributed by atoms with Crippen LogP contribution >= 0.6 is 0 Å². The second kappa shape index (κ2) is 6.26. The minimum atomic E-state index is -0.488. The maximum atomic E-state index is 12.7. The number of nitrogens with zero attached hydrogens (tertiary/aromatic N) is 3. The van der Waals surface area contributed by atoms with Crippen LogP contribution in [0, 0.1) is 0 Å². The van der Waals surface area contributed by atoms with E-state index in [1.807, 2.05) is 0 Å². The van der Waals surface area contributed by atoms with Crippen molar-refractivity contribution in [2.75, 3.05) is 26.2 Å². The minimum Gasteiger partial charge on any atom is -0.335 e. The highest BCUT2D eigenvalue weighted by atomic mass is 16.2. The Hall–Kier alpha value is -1.79. The van der Waals surface area contributed by atoms with Crippen molar-refractivity contribution in [1.82, 2.24) is 20.0 Å². The molecule has 7 heteroatoms. The fraction of sp³-hybridized carbons (Fsp3) is 0.824. The summed E-state index contributed by atoms with van der Waals surface area (Å²) >= 11 is 0. The van der Waals surface area contributed by atoms with Crippen LogP contribution in [-0.4, -0.2) is 76.8 Å². The normalized spacial score (nSPS) is 31.1. The summed E-state index contributed by atoms with van der Waals surface area (Å²) in [6, 6.07) is -0.560. The molecule has 4 rings (SSSR count). The zero-order valence-corrected chi connectivity index (χ0v) is 14.1. The number of nitrogens with one attached hydrogen (secondary N) is 1. The monoisotopic (exact) mass is 334 g/mol. The lowest BCUT2D eigenvalue weighted by atomic mass is 9.95. The summed E-state index contributed by atoms with van der Waals surface area (Å²) in [5.74, 6) is 0.0942. The molecule has 4 fully saturated rings. The first kappa shape index (κ1) is 15.7. The van der Waals surface area contributed by atoms with Crippen LogP contribution in [-0.2, 0) is 9.59 Å². The predicted octanol–water partition coefficient (Wildman–Crippen LogP) is 0.546. The van der Waals surface area contributed by atoms with Gasteiger partial charge in [0.25, 0.3) is 0 Å². The third-order valence-electron chi connectivity index (χ3n) is 5.99. The van der Waals surface area contributed by atoms with Crippen molar-refractivity contribution in [2.45, 2.75) is 63.1 Å². The lowest BCUT2D eigenvalue weighted by Crippen LogP contribution is -2.69. The first-order chi connectivity index (χ1) is 11.6. The van der Waals surface area contributed by atoms with Crippen molar-refractivity contribution in [3.63, 3.8) is 0 Å². The topological polar surface area (TPSA) is 73.0 Å². The lowest BCUT2D eigenvalue weighted by molar-refractivity contribution is -0.162. The number of piperazine rings is 2. The van der Waals surface area contributed by atoms with Crippen LogP contribution in [0.25, 0.3) is 0 Å². The molecule has 4 amide bonds. The highest BCUT2D eigenvalue weighted by Gasteiger charge is 2.50. The van der Waals surface area contributed by atoms with Crippen LogP contribution < -0.4 is 5.32 Å². The Labute approximate surface area is 142 Å². The van der Waals surface area contributed by atoms with Gasteiger partial charge in [0, 0.05) is 25.7 Å². The molecule has 24 heavy (non-hydrogen) atoms. The molecule has 1 aliphatic carbocycles. The van der Waals surface area contributed by atoms with Gasteiger partial charge in [-0.15, -0.1) is 0 Å². The fourth-order valence-electron chi connectivity index (χ4n) is 4.63. The third-order valence-corrected chi connectivity index (χ3v) is 5.99. The molecule has 3 saturated heterocycles.